The van der Waals surface area contributed by atoms with Gasteiger partial charge in [0.25, 0.3) is 0 Å². The van der Waals surface area contributed by atoms with Crippen LogP contribution >= 0.6 is 0 Å². The number of benzene rings is 1. The monoisotopic (exact) mass is 378 g/mol. The molecular weight excluding hydrogens is 352 g/mol. The number of amides is 1. The van der Waals surface area contributed by atoms with Crippen molar-refractivity contribution in [3.8, 4) is 5.75 Å². The largest absolute Gasteiger partial charge is 0.383 e. The summed E-state index contributed by atoms with van der Waals surface area (Å²) in [6.45, 7) is 4.10. The zero-order valence-corrected chi connectivity index (χ0v) is 16.0. The lowest BCUT2D eigenvalue weighted by Crippen LogP contribution is -2.41. The van der Waals surface area contributed by atoms with Crippen molar-refractivity contribution in [2.24, 2.45) is 0 Å². The van der Waals surface area contributed by atoms with Crippen LogP contribution in [0.2, 0.25) is 0 Å². The average molecular weight is 378 g/mol. The first-order valence-electron chi connectivity index (χ1n) is 9.11. The van der Waals surface area contributed by atoms with Crippen LogP contribution in [0.5, 0.6) is 5.75 Å². The summed E-state index contributed by atoms with van der Waals surface area (Å²) in [7, 11) is -3.53. The Morgan fingerprint density at radius 2 is 1.85 bits per heavy atom. The van der Waals surface area contributed by atoms with Gasteiger partial charge in [-0.25, -0.2) is 0 Å². The Hall–Kier alpha value is -1.86. The second kappa shape index (κ2) is 8.22. The lowest BCUT2D eigenvalue weighted by atomic mass is 10.2. The Morgan fingerprint density at radius 3 is 2.50 bits per heavy atom. The average Bonchev–Trinajstić information content (AvgIpc) is 3.25. The van der Waals surface area contributed by atoms with Gasteiger partial charge < -0.3 is 14.0 Å². The van der Waals surface area contributed by atoms with Crippen molar-refractivity contribution in [1.82, 2.24) is 9.80 Å². The molecule has 0 aromatic heterocycles. The molecule has 0 unspecified atom stereocenters. The number of nitrogens with zero attached hydrogens (tertiary/aromatic N) is 2. The molecule has 6 nitrogen and oxygen atoms in total. The third-order valence-corrected chi connectivity index (χ3v) is 5.37. The highest BCUT2D eigenvalue weighted by atomic mass is 32.2. The van der Waals surface area contributed by atoms with Gasteiger partial charge in [-0.2, -0.15) is 8.42 Å². The van der Waals surface area contributed by atoms with E-state index in [1.165, 1.54) is 12.8 Å². The lowest BCUT2D eigenvalue weighted by Gasteiger charge is -2.27. The molecule has 2 saturated heterocycles. The predicted octanol–water partition coefficient (Wildman–Crippen LogP) is 2.12. The van der Waals surface area contributed by atoms with Gasteiger partial charge in [-0.3, -0.25) is 4.79 Å². The Kier molecular flexibility index (Phi) is 5.98. The maximum Gasteiger partial charge on any atom is 0.306 e. The number of rotatable bonds is 6. The summed E-state index contributed by atoms with van der Waals surface area (Å²) < 4.78 is 27.0. The summed E-state index contributed by atoms with van der Waals surface area (Å²) in [5.74, 6) is 0.310. The predicted molar refractivity (Wildman–Crippen MR) is 101 cm³/mol. The number of likely N-dealkylation sites (tertiary alicyclic amines) is 2. The van der Waals surface area contributed by atoms with Crippen LogP contribution in [0.4, 0.5) is 0 Å². The minimum absolute atomic E-state index is 0.0446. The van der Waals surface area contributed by atoms with Crippen LogP contribution in [-0.2, 0) is 14.9 Å². The molecule has 0 N–H and O–H groups in total. The van der Waals surface area contributed by atoms with Gasteiger partial charge in [0.2, 0.25) is 5.91 Å². The highest BCUT2D eigenvalue weighted by molar-refractivity contribution is 7.86. The molecule has 142 valence electrons. The fourth-order valence-corrected chi connectivity index (χ4v) is 4.11. The molecule has 1 amide bonds. The topological polar surface area (TPSA) is 66.9 Å². The van der Waals surface area contributed by atoms with Crippen LogP contribution in [0.25, 0.3) is 6.08 Å². The molecule has 3 rings (SSSR count). The van der Waals surface area contributed by atoms with E-state index in [0.717, 1.165) is 50.8 Å². The van der Waals surface area contributed by atoms with Gasteiger partial charge in [-0.1, -0.05) is 12.1 Å². The Bertz CT molecular complexity index is 752. The van der Waals surface area contributed by atoms with Crippen LogP contribution in [0.1, 0.15) is 31.2 Å². The summed E-state index contributed by atoms with van der Waals surface area (Å²) in [6.07, 6.45) is 9.04. The van der Waals surface area contributed by atoms with Gasteiger partial charge in [-0.05, 0) is 62.5 Å². The summed E-state index contributed by atoms with van der Waals surface area (Å²) in [5, 5.41) is 0. The molecule has 1 aromatic carbocycles. The van der Waals surface area contributed by atoms with Crippen LogP contribution in [0, 0.1) is 0 Å². The van der Waals surface area contributed by atoms with E-state index < -0.39 is 10.1 Å². The first kappa shape index (κ1) is 18.9. The maximum absolute atomic E-state index is 12.6. The first-order valence-corrected chi connectivity index (χ1v) is 10.9. The van der Waals surface area contributed by atoms with E-state index in [4.69, 9.17) is 4.18 Å². The fraction of sp³-hybridized carbons (Fsp3) is 0.526. The van der Waals surface area contributed by atoms with Gasteiger partial charge >= 0.3 is 10.1 Å². The fourth-order valence-electron chi connectivity index (χ4n) is 3.65. The Labute approximate surface area is 155 Å². The number of hydrogen-bond donors (Lipinski definition) is 0. The molecule has 1 aromatic rings. The van der Waals surface area contributed by atoms with Gasteiger partial charge in [-0.15, -0.1) is 0 Å². The van der Waals surface area contributed by atoms with Crippen molar-refractivity contribution in [2.75, 3.05) is 32.4 Å². The van der Waals surface area contributed by atoms with E-state index in [1.807, 2.05) is 4.90 Å². The molecule has 0 radical (unpaired) electrons. The van der Waals surface area contributed by atoms with Gasteiger partial charge in [0.15, 0.2) is 0 Å². The van der Waals surface area contributed by atoms with E-state index >= 15 is 0 Å². The quantitative estimate of drug-likeness (QED) is 0.560. The van der Waals surface area contributed by atoms with Crippen molar-refractivity contribution in [1.29, 1.82) is 0 Å². The minimum Gasteiger partial charge on any atom is -0.383 e. The molecule has 0 bridgehead atoms. The molecule has 0 saturated carbocycles. The second-order valence-electron chi connectivity index (χ2n) is 7.03. The van der Waals surface area contributed by atoms with Crippen molar-refractivity contribution in [3.63, 3.8) is 0 Å². The summed E-state index contributed by atoms with van der Waals surface area (Å²) >= 11 is 0. The van der Waals surface area contributed by atoms with E-state index in [2.05, 4.69) is 4.90 Å². The molecule has 7 heteroatoms. The van der Waals surface area contributed by atoms with Gasteiger partial charge in [0, 0.05) is 25.2 Å². The molecular formula is C19H26N2O4S. The second-order valence-corrected chi connectivity index (χ2v) is 8.60. The van der Waals surface area contributed by atoms with Crippen LogP contribution in [-0.4, -0.2) is 62.6 Å². The van der Waals surface area contributed by atoms with Crippen molar-refractivity contribution in [2.45, 2.75) is 31.7 Å². The van der Waals surface area contributed by atoms with E-state index in [1.54, 1.807) is 36.4 Å². The summed E-state index contributed by atoms with van der Waals surface area (Å²) in [5.41, 5.74) is 0.828. The maximum atomic E-state index is 12.6. The summed E-state index contributed by atoms with van der Waals surface area (Å²) in [4.78, 5) is 17.0. The smallest absolute Gasteiger partial charge is 0.306 e. The Morgan fingerprint density at radius 1 is 1.15 bits per heavy atom. The molecule has 26 heavy (non-hydrogen) atoms. The van der Waals surface area contributed by atoms with Crippen LogP contribution < -0.4 is 4.18 Å². The lowest BCUT2D eigenvalue weighted by molar-refractivity contribution is -0.127. The molecule has 2 aliphatic rings. The third-order valence-electron chi connectivity index (χ3n) is 4.87. The van der Waals surface area contributed by atoms with E-state index in [9.17, 15) is 13.2 Å². The Balaban J connectivity index is 1.57. The SMILES string of the molecule is CS(=O)(=O)Oc1ccc(C=CC(=O)N2CCC[C@H]2CN2CCCC2)cc1. The minimum atomic E-state index is -3.53. The van der Waals surface area contributed by atoms with Gasteiger partial charge in [0.1, 0.15) is 5.75 Å². The number of carbonyl (C=O) groups excluding carboxylic acids is 1. The standard InChI is InChI=1S/C19H26N2O4S/c1-26(23,24)25-18-9-6-16(7-10-18)8-11-19(22)21-14-4-5-17(21)15-20-12-2-3-13-20/h6-11,17H,2-5,12-15H2,1H3/t17-/m0/s1. The highest BCUT2D eigenvalue weighted by Gasteiger charge is 2.29. The molecule has 0 aliphatic carbocycles. The van der Waals surface area contributed by atoms with Crippen molar-refractivity contribution >= 4 is 22.1 Å². The zero-order chi connectivity index (χ0) is 18.6. The molecule has 1 atom stereocenters. The zero-order valence-electron chi connectivity index (χ0n) is 15.1. The molecule has 2 fully saturated rings. The van der Waals surface area contributed by atoms with Crippen molar-refractivity contribution in [3.05, 3.63) is 35.9 Å². The normalized spacial score (nSPS) is 21.6. The van der Waals surface area contributed by atoms with Gasteiger partial charge in [0.05, 0.1) is 6.26 Å². The molecule has 2 heterocycles. The summed E-state index contributed by atoms with van der Waals surface area (Å²) in [6, 6.07) is 6.94. The number of hydrogen-bond acceptors (Lipinski definition) is 5. The van der Waals surface area contributed by atoms with Crippen molar-refractivity contribution < 1.29 is 17.4 Å². The molecule has 0 spiro atoms. The van der Waals surface area contributed by atoms with Crippen LogP contribution in [0.15, 0.2) is 30.3 Å². The van der Waals surface area contributed by atoms with E-state index in [0.29, 0.717) is 6.04 Å². The number of carbonyl (C=O) groups is 1. The van der Waals surface area contributed by atoms with Crippen LogP contribution in [0.3, 0.4) is 0 Å². The molecule has 2 aliphatic heterocycles. The first-order chi connectivity index (χ1) is 12.4. The van der Waals surface area contributed by atoms with E-state index in [-0.39, 0.29) is 11.7 Å². The highest BCUT2D eigenvalue weighted by Crippen LogP contribution is 2.21. The third kappa shape index (κ3) is 5.32.